The van der Waals surface area contributed by atoms with E-state index in [1.54, 1.807) is 48.5 Å². The van der Waals surface area contributed by atoms with Crippen molar-refractivity contribution < 1.29 is 17.9 Å². The number of benzene rings is 3. The fourth-order valence-corrected chi connectivity index (χ4v) is 3.79. The van der Waals surface area contributed by atoms with Gasteiger partial charge in [0.25, 0.3) is 0 Å². The van der Waals surface area contributed by atoms with Gasteiger partial charge in [-0.15, -0.1) is 0 Å². The lowest BCUT2D eigenvalue weighted by molar-refractivity contribution is -0.114. The second kappa shape index (κ2) is 9.27. The lowest BCUT2D eigenvalue weighted by Gasteiger charge is -2.22. The lowest BCUT2D eigenvalue weighted by Crippen LogP contribution is -2.37. The number of rotatable bonds is 7. The molecule has 0 aromatic heterocycles. The van der Waals surface area contributed by atoms with Crippen molar-refractivity contribution in [3.63, 3.8) is 0 Å². The standard InChI is InChI=1S/C21H19IN2O4S/c1-29(26,27)24(18-11-7-16(22)8-12-18)15-21(25)23-17-9-13-20(14-10-17)28-19-5-3-2-4-6-19/h2-14H,15H2,1H3,(H,23,25). The molecule has 3 aromatic carbocycles. The second-order valence-corrected chi connectivity index (χ2v) is 9.39. The van der Waals surface area contributed by atoms with Crippen molar-refractivity contribution in [1.29, 1.82) is 0 Å². The summed E-state index contributed by atoms with van der Waals surface area (Å²) in [6, 6.07) is 23.1. The quantitative estimate of drug-likeness (QED) is 0.465. The molecule has 3 aromatic rings. The van der Waals surface area contributed by atoms with Gasteiger partial charge in [-0.3, -0.25) is 9.10 Å². The third-order valence-corrected chi connectivity index (χ3v) is 5.78. The summed E-state index contributed by atoms with van der Waals surface area (Å²) in [5.74, 6) is 0.905. The molecule has 0 atom stereocenters. The molecule has 0 aliphatic carbocycles. The number of para-hydroxylation sites is 1. The van der Waals surface area contributed by atoms with E-state index in [0.717, 1.165) is 14.1 Å². The number of hydrogen-bond donors (Lipinski definition) is 1. The molecule has 0 aliphatic rings. The first kappa shape index (κ1) is 21.1. The van der Waals surface area contributed by atoms with E-state index < -0.39 is 15.9 Å². The molecule has 0 saturated carbocycles. The number of nitrogens with one attached hydrogen (secondary N) is 1. The highest BCUT2D eigenvalue weighted by molar-refractivity contribution is 14.1. The molecule has 6 nitrogen and oxygen atoms in total. The Bertz CT molecular complexity index is 1070. The van der Waals surface area contributed by atoms with Gasteiger partial charge in [-0.1, -0.05) is 18.2 Å². The molecule has 29 heavy (non-hydrogen) atoms. The maximum Gasteiger partial charge on any atom is 0.245 e. The van der Waals surface area contributed by atoms with Crippen molar-refractivity contribution in [2.75, 3.05) is 22.4 Å². The number of anilines is 2. The highest BCUT2D eigenvalue weighted by Gasteiger charge is 2.20. The number of nitrogens with zero attached hydrogens (tertiary/aromatic N) is 1. The third kappa shape index (κ3) is 6.20. The van der Waals surface area contributed by atoms with Gasteiger partial charge in [0.1, 0.15) is 18.0 Å². The van der Waals surface area contributed by atoms with Crippen molar-refractivity contribution in [2.45, 2.75) is 0 Å². The average molecular weight is 522 g/mol. The van der Waals surface area contributed by atoms with Crippen LogP contribution in [-0.4, -0.2) is 27.1 Å². The number of hydrogen-bond acceptors (Lipinski definition) is 4. The summed E-state index contributed by atoms with van der Waals surface area (Å²) in [7, 11) is -3.61. The van der Waals surface area contributed by atoms with E-state index in [4.69, 9.17) is 4.74 Å². The minimum atomic E-state index is -3.61. The Hall–Kier alpha value is -2.59. The normalized spacial score (nSPS) is 11.0. The molecule has 0 fully saturated rings. The van der Waals surface area contributed by atoms with Gasteiger partial charge in [-0.05, 0) is 83.3 Å². The van der Waals surface area contributed by atoms with Crippen LogP contribution in [0.1, 0.15) is 0 Å². The van der Waals surface area contributed by atoms with Crippen LogP contribution in [0.3, 0.4) is 0 Å². The number of sulfonamides is 1. The molecule has 0 spiro atoms. The largest absolute Gasteiger partial charge is 0.457 e. The monoisotopic (exact) mass is 522 g/mol. The SMILES string of the molecule is CS(=O)(=O)N(CC(=O)Nc1ccc(Oc2ccccc2)cc1)c1ccc(I)cc1. The van der Waals surface area contributed by atoms with Crippen molar-refractivity contribution in [3.8, 4) is 11.5 Å². The van der Waals surface area contributed by atoms with Crippen molar-refractivity contribution >= 4 is 49.9 Å². The van der Waals surface area contributed by atoms with Gasteiger partial charge in [-0.2, -0.15) is 0 Å². The van der Waals surface area contributed by atoms with Gasteiger partial charge in [0.05, 0.1) is 11.9 Å². The topological polar surface area (TPSA) is 75.7 Å². The van der Waals surface area contributed by atoms with Crippen LogP contribution in [0.2, 0.25) is 0 Å². The van der Waals surface area contributed by atoms with Crippen LogP contribution < -0.4 is 14.4 Å². The molecular formula is C21H19IN2O4S. The number of halogens is 1. The van der Waals surface area contributed by atoms with E-state index in [1.165, 1.54) is 0 Å². The van der Waals surface area contributed by atoms with Gasteiger partial charge < -0.3 is 10.1 Å². The van der Waals surface area contributed by atoms with E-state index in [9.17, 15) is 13.2 Å². The molecule has 1 amide bonds. The molecule has 1 N–H and O–H groups in total. The van der Waals surface area contributed by atoms with E-state index in [2.05, 4.69) is 27.9 Å². The first-order valence-corrected chi connectivity index (χ1v) is 11.6. The van der Waals surface area contributed by atoms with Crippen LogP contribution in [0.4, 0.5) is 11.4 Å². The molecule has 150 valence electrons. The number of carbonyl (C=O) groups is 1. The van der Waals surface area contributed by atoms with Crippen LogP contribution in [-0.2, 0) is 14.8 Å². The van der Waals surface area contributed by atoms with Gasteiger partial charge in [0.2, 0.25) is 15.9 Å². The number of amides is 1. The predicted octanol–water partition coefficient (Wildman–Crippen LogP) is 4.49. The van der Waals surface area contributed by atoms with Crippen LogP contribution in [0.15, 0.2) is 78.9 Å². The fraction of sp³-hybridized carbons (Fsp3) is 0.0952. The molecule has 0 bridgehead atoms. The summed E-state index contributed by atoms with van der Waals surface area (Å²) in [6.07, 6.45) is 1.08. The van der Waals surface area contributed by atoms with Crippen LogP contribution in [0.5, 0.6) is 11.5 Å². The minimum Gasteiger partial charge on any atom is -0.457 e. The number of ether oxygens (including phenoxy) is 1. The Morgan fingerprint density at radius 3 is 2.10 bits per heavy atom. The van der Waals surface area contributed by atoms with Gasteiger partial charge in [0, 0.05) is 9.26 Å². The molecule has 8 heteroatoms. The fourth-order valence-electron chi connectivity index (χ4n) is 2.57. The van der Waals surface area contributed by atoms with Crippen molar-refractivity contribution in [3.05, 3.63) is 82.4 Å². The van der Waals surface area contributed by atoms with E-state index in [1.807, 2.05) is 30.3 Å². The molecule has 0 heterocycles. The van der Waals surface area contributed by atoms with E-state index >= 15 is 0 Å². The zero-order valence-electron chi connectivity index (χ0n) is 15.6. The molecule has 0 saturated heterocycles. The summed E-state index contributed by atoms with van der Waals surface area (Å²) in [5, 5.41) is 2.71. The molecule has 3 rings (SSSR count). The Morgan fingerprint density at radius 1 is 0.931 bits per heavy atom. The van der Waals surface area contributed by atoms with Crippen LogP contribution in [0.25, 0.3) is 0 Å². The Balaban J connectivity index is 1.66. The Labute approximate surface area is 183 Å². The Kier molecular flexibility index (Phi) is 6.75. The van der Waals surface area contributed by atoms with Crippen molar-refractivity contribution in [2.24, 2.45) is 0 Å². The molecule has 0 aliphatic heterocycles. The smallest absolute Gasteiger partial charge is 0.245 e. The summed E-state index contributed by atoms with van der Waals surface area (Å²) < 4.78 is 32.1. The van der Waals surface area contributed by atoms with Crippen LogP contribution in [0, 0.1) is 3.57 Å². The molecule has 0 radical (unpaired) electrons. The first-order valence-electron chi connectivity index (χ1n) is 8.67. The summed E-state index contributed by atoms with van der Waals surface area (Å²) in [4.78, 5) is 12.4. The highest BCUT2D eigenvalue weighted by atomic mass is 127. The average Bonchev–Trinajstić information content (AvgIpc) is 2.68. The zero-order valence-corrected chi connectivity index (χ0v) is 18.6. The van der Waals surface area contributed by atoms with Crippen molar-refractivity contribution in [1.82, 2.24) is 0 Å². The van der Waals surface area contributed by atoms with Gasteiger partial charge in [0.15, 0.2) is 0 Å². The summed E-state index contributed by atoms with van der Waals surface area (Å²) in [6.45, 7) is -0.318. The maximum absolute atomic E-state index is 12.4. The third-order valence-electron chi connectivity index (χ3n) is 3.92. The zero-order chi connectivity index (χ0) is 20.9. The lowest BCUT2D eigenvalue weighted by atomic mass is 10.3. The Morgan fingerprint density at radius 2 is 1.52 bits per heavy atom. The van der Waals surface area contributed by atoms with E-state index in [0.29, 0.717) is 22.9 Å². The van der Waals surface area contributed by atoms with Crippen LogP contribution >= 0.6 is 22.6 Å². The van der Waals surface area contributed by atoms with Gasteiger partial charge in [-0.25, -0.2) is 8.42 Å². The summed E-state index contributed by atoms with van der Waals surface area (Å²) >= 11 is 2.13. The predicted molar refractivity (Wildman–Crippen MR) is 123 cm³/mol. The van der Waals surface area contributed by atoms with E-state index in [-0.39, 0.29) is 6.54 Å². The second-order valence-electron chi connectivity index (χ2n) is 6.23. The highest BCUT2D eigenvalue weighted by Crippen LogP contribution is 2.23. The maximum atomic E-state index is 12.4. The molecule has 0 unspecified atom stereocenters. The molecular weight excluding hydrogens is 503 g/mol. The number of carbonyl (C=O) groups excluding carboxylic acids is 1. The van der Waals surface area contributed by atoms with Gasteiger partial charge >= 0.3 is 0 Å². The minimum absolute atomic E-state index is 0.318. The summed E-state index contributed by atoms with van der Waals surface area (Å²) in [5.41, 5.74) is 0.987. The first-order chi connectivity index (χ1) is 13.8.